The zero-order valence-corrected chi connectivity index (χ0v) is 15.3. The molecular formula is C15H25BrClNO2. The van der Waals surface area contributed by atoms with Gasteiger partial charge in [0.05, 0.1) is 18.2 Å². The van der Waals surface area contributed by atoms with Gasteiger partial charge in [-0.1, -0.05) is 6.92 Å². The monoisotopic (exact) mass is 365 g/mol. The van der Waals surface area contributed by atoms with E-state index in [1.807, 2.05) is 13.0 Å². The van der Waals surface area contributed by atoms with Gasteiger partial charge in [0.1, 0.15) is 0 Å². The molecule has 1 aromatic rings. The van der Waals surface area contributed by atoms with Gasteiger partial charge in [-0.2, -0.15) is 0 Å². The van der Waals surface area contributed by atoms with Crippen molar-refractivity contribution in [2.45, 2.75) is 46.2 Å². The molecule has 0 saturated carbocycles. The van der Waals surface area contributed by atoms with Crippen molar-refractivity contribution in [2.24, 2.45) is 0 Å². The Bertz CT molecular complexity index is 425. The average Bonchev–Trinajstić information content (AvgIpc) is 2.37. The van der Waals surface area contributed by atoms with Gasteiger partial charge in [0.25, 0.3) is 0 Å². The molecule has 1 rings (SSSR count). The van der Waals surface area contributed by atoms with Gasteiger partial charge in [-0.25, -0.2) is 0 Å². The van der Waals surface area contributed by atoms with Gasteiger partial charge < -0.3 is 14.8 Å². The Morgan fingerprint density at radius 2 is 1.90 bits per heavy atom. The molecule has 1 aromatic carbocycles. The summed E-state index contributed by atoms with van der Waals surface area (Å²) in [6.45, 7) is 9.99. The van der Waals surface area contributed by atoms with Crippen molar-refractivity contribution in [2.75, 3.05) is 13.7 Å². The van der Waals surface area contributed by atoms with Crippen LogP contribution in [0.25, 0.3) is 0 Å². The molecule has 116 valence electrons. The topological polar surface area (TPSA) is 30.5 Å². The van der Waals surface area contributed by atoms with E-state index >= 15 is 0 Å². The fourth-order valence-electron chi connectivity index (χ4n) is 1.65. The fourth-order valence-corrected chi connectivity index (χ4v) is 2.30. The first-order valence-electron chi connectivity index (χ1n) is 6.67. The zero-order valence-electron chi connectivity index (χ0n) is 12.9. The largest absolute Gasteiger partial charge is 0.492 e. The van der Waals surface area contributed by atoms with Crippen LogP contribution in [-0.4, -0.2) is 19.3 Å². The van der Waals surface area contributed by atoms with Crippen LogP contribution < -0.4 is 14.8 Å². The first-order chi connectivity index (χ1) is 8.93. The molecule has 0 aromatic heterocycles. The van der Waals surface area contributed by atoms with E-state index in [0.29, 0.717) is 6.61 Å². The summed E-state index contributed by atoms with van der Waals surface area (Å²) in [4.78, 5) is 0. The van der Waals surface area contributed by atoms with Crippen molar-refractivity contribution in [1.29, 1.82) is 0 Å². The van der Waals surface area contributed by atoms with Gasteiger partial charge in [-0.05, 0) is 60.8 Å². The maximum atomic E-state index is 5.62. The van der Waals surface area contributed by atoms with Crippen LogP contribution in [0.15, 0.2) is 16.6 Å². The lowest BCUT2D eigenvalue weighted by Crippen LogP contribution is -2.37. The van der Waals surface area contributed by atoms with Crippen LogP contribution in [0.5, 0.6) is 11.5 Å². The Morgan fingerprint density at radius 1 is 1.25 bits per heavy atom. The summed E-state index contributed by atoms with van der Waals surface area (Å²) < 4.78 is 11.9. The van der Waals surface area contributed by atoms with E-state index < -0.39 is 0 Å². The Hall–Kier alpha value is -0.450. The minimum absolute atomic E-state index is 0. The number of halogens is 2. The molecule has 0 aliphatic rings. The molecule has 5 heteroatoms. The van der Waals surface area contributed by atoms with Gasteiger partial charge in [-0.3, -0.25) is 0 Å². The van der Waals surface area contributed by atoms with Crippen LogP contribution in [0.2, 0.25) is 0 Å². The van der Waals surface area contributed by atoms with Crippen molar-refractivity contribution >= 4 is 28.3 Å². The summed E-state index contributed by atoms with van der Waals surface area (Å²) in [5.41, 5.74) is 1.32. The minimum Gasteiger partial charge on any atom is -0.492 e. The Kier molecular flexibility index (Phi) is 8.56. The molecule has 0 aliphatic heterocycles. The number of hydrogen-bond acceptors (Lipinski definition) is 3. The molecule has 20 heavy (non-hydrogen) atoms. The molecule has 0 amide bonds. The van der Waals surface area contributed by atoms with E-state index in [1.54, 1.807) is 7.11 Å². The fraction of sp³-hybridized carbons (Fsp3) is 0.600. The predicted octanol–water partition coefficient (Wildman–Crippen LogP) is 4.56. The summed E-state index contributed by atoms with van der Waals surface area (Å²) in [6, 6.07) is 4.10. The Balaban J connectivity index is 0.00000361. The SMILES string of the molecule is CCOc1cc(CNC(C)(C)CC)cc(Br)c1OC.Cl. The summed E-state index contributed by atoms with van der Waals surface area (Å²) >= 11 is 3.53. The van der Waals surface area contributed by atoms with Crippen LogP contribution in [0.3, 0.4) is 0 Å². The molecule has 0 spiro atoms. The highest BCUT2D eigenvalue weighted by molar-refractivity contribution is 9.10. The van der Waals surface area contributed by atoms with E-state index in [2.05, 4.69) is 48.1 Å². The summed E-state index contributed by atoms with van der Waals surface area (Å²) in [6.07, 6.45) is 1.09. The highest BCUT2D eigenvalue weighted by Gasteiger charge is 2.15. The van der Waals surface area contributed by atoms with Gasteiger partial charge in [0, 0.05) is 12.1 Å². The summed E-state index contributed by atoms with van der Waals surface area (Å²) in [7, 11) is 1.65. The predicted molar refractivity (Wildman–Crippen MR) is 90.3 cm³/mol. The van der Waals surface area contributed by atoms with E-state index in [-0.39, 0.29) is 17.9 Å². The number of methoxy groups -OCH3 is 1. The van der Waals surface area contributed by atoms with Crippen LogP contribution >= 0.6 is 28.3 Å². The van der Waals surface area contributed by atoms with Crippen molar-refractivity contribution in [3.05, 3.63) is 22.2 Å². The van der Waals surface area contributed by atoms with Gasteiger partial charge in [0.2, 0.25) is 0 Å². The first-order valence-corrected chi connectivity index (χ1v) is 7.47. The third-order valence-electron chi connectivity index (χ3n) is 3.23. The quantitative estimate of drug-likeness (QED) is 0.767. The van der Waals surface area contributed by atoms with Crippen LogP contribution in [-0.2, 0) is 6.54 Å². The van der Waals surface area contributed by atoms with Gasteiger partial charge >= 0.3 is 0 Å². The smallest absolute Gasteiger partial charge is 0.174 e. The van der Waals surface area contributed by atoms with Crippen molar-refractivity contribution in [3.8, 4) is 11.5 Å². The second kappa shape index (κ2) is 8.75. The molecule has 0 radical (unpaired) electrons. The normalized spacial score (nSPS) is 10.9. The van der Waals surface area contributed by atoms with Gasteiger partial charge in [0.15, 0.2) is 11.5 Å². The molecule has 0 heterocycles. The number of ether oxygens (including phenoxy) is 2. The third kappa shape index (κ3) is 5.51. The zero-order chi connectivity index (χ0) is 14.5. The lowest BCUT2D eigenvalue weighted by Gasteiger charge is -2.25. The molecule has 0 aliphatic carbocycles. The van der Waals surface area contributed by atoms with Crippen LogP contribution in [0, 0.1) is 0 Å². The molecule has 0 unspecified atom stereocenters. The molecule has 1 N–H and O–H groups in total. The highest BCUT2D eigenvalue weighted by atomic mass is 79.9. The summed E-state index contributed by atoms with van der Waals surface area (Å²) in [5.74, 6) is 1.53. The molecule has 0 bridgehead atoms. The second-order valence-corrected chi connectivity index (χ2v) is 5.99. The average molecular weight is 367 g/mol. The van der Waals surface area contributed by atoms with Crippen LogP contribution in [0.4, 0.5) is 0 Å². The highest BCUT2D eigenvalue weighted by Crippen LogP contribution is 2.36. The maximum absolute atomic E-state index is 5.62. The minimum atomic E-state index is 0. The second-order valence-electron chi connectivity index (χ2n) is 5.13. The number of nitrogens with one attached hydrogen (secondary N) is 1. The molecule has 3 nitrogen and oxygen atoms in total. The third-order valence-corrected chi connectivity index (χ3v) is 3.82. The number of rotatable bonds is 7. The summed E-state index contributed by atoms with van der Waals surface area (Å²) in [5, 5.41) is 3.54. The number of hydrogen-bond donors (Lipinski definition) is 1. The number of benzene rings is 1. The van der Waals surface area contributed by atoms with Crippen LogP contribution in [0.1, 0.15) is 39.7 Å². The van der Waals surface area contributed by atoms with E-state index in [1.165, 1.54) is 5.56 Å². The van der Waals surface area contributed by atoms with Crippen molar-refractivity contribution < 1.29 is 9.47 Å². The molecule has 0 saturated heterocycles. The Morgan fingerprint density at radius 3 is 2.40 bits per heavy atom. The lowest BCUT2D eigenvalue weighted by atomic mass is 10.0. The van der Waals surface area contributed by atoms with Crippen molar-refractivity contribution in [3.63, 3.8) is 0 Å². The van der Waals surface area contributed by atoms with Gasteiger partial charge in [-0.15, -0.1) is 12.4 Å². The lowest BCUT2D eigenvalue weighted by molar-refractivity contribution is 0.309. The molecular weight excluding hydrogens is 342 g/mol. The van der Waals surface area contributed by atoms with E-state index in [0.717, 1.165) is 28.9 Å². The standard InChI is InChI=1S/C15H24BrNO2.ClH/c1-6-15(3,4)17-10-11-8-12(16)14(18-5)13(9-11)19-7-2;/h8-9,17H,6-7,10H2,1-5H3;1H. The Labute approximate surface area is 137 Å². The molecule has 0 atom stereocenters. The maximum Gasteiger partial charge on any atom is 0.174 e. The van der Waals surface area contributed by atoms with Crippen molar-refractivity contribution in [1.82, 2.24) is 5.32 Å². The first kappa shape index (κ1) is 19.6. The molecule has 0 fully saturated rings. The van der Waals surface area contributed by atoms with E-state index in [9.17, 15) is 0 Å². The van der Waals surface area contributed by atoms with E-state index in [4.69, 9.17) is 9.47 Å².